The molecule has 0 heterocycles. The summed E-state index contributed by atoms with van der Waals surface area (Å²) in [5.74, 6) is -0.436. The topological polar surface area (TPSA) is 29.5 Å². The molecule has 0 aliphatic rings. The zero-order valence-corrected chi connectivity index (χ0v) is 10.0. The van der Waals surface area contributed by atoms with E-state index in [-0.39, 0.29) is 5.02 Å². The van der Waals surface area contributed by atoms with Gasteiger partial charge in [-0.3, -0.25) is 0 Å². The summed E-state index contributed by atoms with van der Waals surface area (Å²) in [6.45, 7) is 3.09. The SMILES string of the molecule is CCOCCC(O)Cc1ccc(F)c(Cl)c1. The number of halogens is 2. The minimum absolute atomic E-state index is 0.0921. The van der Waals surface area contributed by atoms with E-state index < -0.39 is 11.9 Å². The van der Waals surface area contributed by atoms with E-state index in [0.29, 0.717) is 26.1 Å². The quantitative estimate of drug-likeness (QED) is 0.783. The molecule has 1 aromatic rings. The zero-order chi connectivity index (χ0) is 12.0. The highest BCUT2D eigenvalue weighted by atomic mass is 35.5. The van der Waals surface area contributed by atoms with Crippen LogP contribution in [-0.4, -0.2) is 24.4 Å². The van der Waals surface area contributed by atoms with Crippen molar-refractivity contribution in [1.29, 1.82) is 0 Å². The van der Waals surface area contributed by atoms with Crippen molar-refractivity contribution in [3.8, 4) is 0 Å². The van der Waals surface area contributed by atoms with Crippen molar-refractivity contribution in [1.82, 2.24) is 0 Å². The van der Waals surface area contributed by atoms with E-state index in [4.69, 9.17) is 16.3 Å². The van der Waals surface area contributed by atoms with Gasteiger partial charge in [0.1, 0.15) is 5.82 Å². The Labute approximate surface area is 100.0 Å². The Hall–Kier alpha value is -0.640. The van der Waals surface area contributed by atoms with Gasteiger partial charge in [-0.1, -0.05) is 17.7 Å². The summed E-state index contributed by atoms with van der Waals surface area (Å²) in [5.41, 5.74) is 0.829. The van der Waals surface area contributed by atoms with E-state index in [1.54, 1.807) is 12.1 Å². The van der Waals surface area contributed by atoms with Gasteiger partial charge in [-0.25, -0.2) is 4.39 Å². The molecule has 0 spiro atoms. The third kappa shape index (κ3) is 4.47. The lowest BCUT2D eigenvalue weighted by atomic mass is 10.1. The van der Waals surface area contributed by atoms with Gasteiger partial charge in [0.05, 0.1) is 11.1 Å². The van der Waals surface area contributed by atoms with Gasteiger partial charge >= 0.3 is 0 Å². The van der Waals surface area contributed by atoms with Crippen LogP contribution in [0.1, 0.15) is 18.9 Å². The molecule has 1 N–H and O–H groups in total. The molecule has 0 aliphatic heterocycles. The number of aliphatic hydroxyl groups excluding tert-OH is 1. The van der Waals surface area contributed by atoms with Gasteiger partial charge in [-0.05, 0) is 37.5 Å². The highest BCUT2D eigenvalue weighted by Gasteiger charge is 2.07. The van der Waals surface area contributed by atoms with Crippen LogP contribution in [0.15, 0.2) is 18.2 Å². The molecule has 0 aromatic heterocycles. The van der Waals surface area contributed by atoms with Crippen molar-refractivity contribution in [2.24, 2.45) is 0 Å². The Morgan fingerprint density at radius 2 is 2.25 bits per heavy atom. The van der Waals surface area contributed by atoms with Crippen LogP contribution in [0.4, 0.5) is 4.39 Å². The molecule has 4 heteroatoms. The fourth-order valence-electron chi connectivity index (χ4n) is 1.40. The molecule has 0 saturated carbocycles. The molecule has 2 nitrogen and oxygen atoms in total. The van der Waals surface area contributed by atoms with Crippen LogP contribution < -0.4 is 0 Å². The molecule has 0 fully saturated rings. The first-order valence-corrected chi connectivity index (χ1v) is 5.71. The van der Waals surface area contributed by atoms with E-state index in [0.717, 1.165) is 5.56 Å². The first-order valence-electron chi connectivity index (χ1n) is 5.33. The van der Waals surface area contributed by atoms with Crippen LogP contribution in [-0.2, 0) is 11.2 Å². The van der Waals surface area contributed by atoms with E-state index in [9.17, 15) is 9.50 Å². The van der Waals surface area contributed by atoms with Gasteiger partial charge in [0.2, 0.25) is 0 Å². The number of ether oxygens (including phenoxy) is 1. The number of hydrogen-bond acceptors (Lipinski definition) is 2. The maximum absolute atomic E-state index is 12.9. The third-order valence-electron chi connectivity index (χ3n) is 2.25. The van der Waals surface area contributed by atoms with Crippen molar-refractivity contribution >= 4 is 11.6 Å². The highest BCUT2D eigenvalue weighted by Crippen LogP contribution is 2.17. The largest absolute Gasteiger partial charge is 0.393 e. The Morgan fingerprint density at radius 1 is 1.50 bits per heavy atom. The van der Waals surface area contributed by atoms with Gasteiger partial charge in [0.25, 0.3) is 0 Å². The summed E-state index contributed by atoms with van der Waals surface area (Å²) in [5, 5.41) is 9.76. The van der Waals surface area contributed by atoms with E-state index in [1.165, 1.54) is 6.07 Å². The zero-order valence-electron chi connectivity index (χ0n) is 9.25. The molecule has 0 radical (unpaired) electrons. The van der Waals surface area contributed by atoms with E-state index in [1.807, 2.05) is 6.92 Å². The first kappa shape index (κ1) is 13.4. The second kappa shape index (κ2) is 6.84. The summed E-state index contributed by atoms with van der Waals surface area (Å²) < 4.78 is 18.0. The standard InChI is InChI=1S/C12H16ClFO2/c1-2-16-6-5-10(15)7-9-3-4-12(14)11(13)8-9/h3-4,8,10,15H,2,5-7H2,1H3. The van der Waals surface area contributed by atoms with Gasteiger partial charge in [0.15, 0.2) is 0 Å². The van der Waals surface area contributed by atoms with E-state index >= 15 is 0 Å². The fraction of sp³-hybridized carbons (Fsp3) is 0.500. The van der Waals surface area contributed by atoms with Crippen LogP contribution in [0.5, 0.6) is 0 Å². The predicted octanol–water partition coefficient (Wildman–Crippen LogP) is 2.81. The predicted molar refractivity (Wildman–Crippen MR) is 62.2 cm³/mol. The molecule has 1 rings (SSSR count). The van der Waals surface area contributed by atoms with Crippen molar-refractivity contribution in [2.45, 2.75) is 25.9 Å². The maximum Gasteiger partial charge on any atom is 0.141 e. The number of rotatable bonds is 6. The van der Waals surface area contributed by atoms with Crippen molar-refractivity contribution in [3.63, 3.8) is 0 Å². The summed E-state index contributed by atoms with van der Waals surface area (Å²) in [4.78, 5) is 0. The maximum atomic E-state index is 12.9. The molecule has 0 aliphatic carbocycles. The normalized spacial score (nSPS) is 12.8. The van der Waals surface area contributed by atoms with Gasteiger partial charge in [-0.15, -0.1) is 0 Å². The Morgan fingerprint density at radius 3 is 2.88 bits per heavy atom. The minimum Gasteiger partial charge on any atom is -0.393 e. The molecule has 1 unspecified atom stereocenters. The molecule has 1 atom stereocenters. The second-order valence-electron chi connectivity index (χ2n) is 3.59. The van der Waals surface area contributed by atoms with Gasteiger partial charge < -0.3 is 9.84 Å². The minimum atomic E-state index is -0.479. The fourth-order valence-corrected chi connectivity index (χ4v) is 1.61. The Balaban J connectivity index is 2.43. The highest BCUT2D eigenvalue weighted by molar-refractivity contribution is 6.30. The van der Waals surface area contributed by atoms with Crippen molar-refractivity contribution in [2.75, 3.05) is 13.2 Å². The third-order valence-corrected chi connectivity index (χ3v) is 2.54. The average molecular weight is 247 g/mol. The molecular weight excluding hydrogens is 231 g/mol. The van der Waals surface area contributed by atoms with E-state index in [2.05, 4.69) is 0 Å². The molecular formula is C12H16ClFO2. The number of hydrogen-bond donors (Lipinski definition) is 1. The lowest BCUT2D eigenvalue weighted by molar-refractivity contribution is 0.0887. The first-order chi connectivity index (χ1) is 7.63. The molecule has 0 amide bonds. The second-order valence-corrected chi connectivity index (χ2v) is 4.00. The summed E-state index contributed by atoms with van der Waals surface area (Å²) >= 11 is 5.64. The van der Waals surface area contributed by atoms with Crippen molar-refractivity contribution < 1.29 is 14.2 Å². The smallest absolute Gasteiger partial charge is 0.141 e. The van der Waals surface area contributed by atoms with Crippen LogP contribution >= 0.6 is 11.6 Å². The average Bonchev–Trinajstić information content (AvgIpc) is 2.24. The number of benzene rings is 1. The van der Waals surface area contributed by atoms with Gasteiger partial charge in [0, 0.05) is 13.2 Å². The van der Waals surface area contributed by atoms with Crippen LogP contribution in [0, 0.1) is 5.82 Å². The monoisotopic (exact) mass is 246 g/mol. The Kier molecular flexibility index (Phi) is 5.74. The molecule has 1 aromatic carbocycles. The summed E-state index contributed by atoms with van der Waals surface area (Å²) in [7, 11) is 0. The summed E-state index contributed by atoms with van der Waals surface area (Å²) in [6, 6.07) is 4.48. The lowest BCUT2D eigenvalue weighted by Crippen LogP contribution is -2.13. The molecule has 16 heavy (non-hydrogen) atoms. The Bertz CT molecular complexity index is 331. The molecule has 0 bridgehead atoms. The molecule has 90 valence electrons. The van der Waals surface area contributed by atoms with Crippen molar-refractivity contribution in [3.05, 3.63) is 34.6 Å². The van der Waals surface area contributed by atoms with Crippen LogP contribution in [0.3, 0.4) is 0 Å². The lowest BCUT2D eigenvalue weighted by Gasteiger charge is -2.10. The molecule has 0 saturated heterocycles. The summed E-state index contributed by atoms with van der Waals surface area (Å²) in [6.07, 6.45) is 0.559. The van der Waals surface area contributed by atoms with Crippen LogP contribution in [0.25, 0.3) is 0 Å². The van der Waals surface area contributed by atoms with Crippen LogP contribution in [0.2, 0.25) is 5.02 Å². The van der Waals surface area contributed by atoms with Gasteiger partial charge in [-0.2, -0.15) is 0 Å². The number of aliphatic hydroxyl groups is 1.